The van der Waals surface area contributed by atoms with Crippen molar-refractivity contribution in [1.82, 2.24) is 34.9 Å². The van der Waals surface area contributed by atoms with Gasteiger partial charge in [-0.3, -0.25) is 0 Å². The lowest BCUT2D eigenvalue weighted by atomic mass is 9.96. The molecule has 7 aromatic heterocycles. The number of ether oxygens (including phenoxy) is 1. The fourth-order valence-corrected chi connectivity index (χ4v) is 5.05. The Morgan fingerprint density at radius 1 is 0.548 bits per heavy atom. The second kappa shape index (κ2) is 8.66. The average molecular weight is 553 g/mol. The molecular weight excluding hydrogens is 536 g/mol. The van der Waals surface area contributed by atoms with E-state index in [9.17, 15) is 0 Å². The van der Waals surface area contributed by atoms with Crippen LogP contribution in [0, 0.1) is 0 Å². The quantitative estimate of drug-likeness (QED) is 0.265. The Bertz CT molecular complexity index is 2180. The molecule has 9 rings (SSSR count). The lowest BCUT2D eigenvalue weighted by Gasteiger charge is -2.17. The molecule has 1 aliphatic rings. The van der Waals surface area contributed by atoms with Crippen LogP contribution in [0.25, 0.3) is 68.1 Å². The Labute approximate surface area is 235 Å². The molecule has 1 aliphatic heterocycles. The highest BCUT2D eigenvalue weighted by atomic mass is 16.5. The number of nitrogens with one attached hydrogen (secondary N) is 1. The zero-order valence-electron chi connectivity index (χ0n) is 21.4. The van der Waals surface area contributed by atoms with Crippen LogP contribution in [0.15, 0.2) is 98.7 Å². The summed E-state index contributed by atoms with van der Waals surface area (Å²) in [5, 5.41) is 3.40. The third-order valence-electron chi connectivity index (χ3n) is 6.95. The lowest BCUT2D eigenvalue weighted by molar-refractivity contribution is 0.251. The summed E-state index contributed by atoms with van der Waals surface area (Å²) in [6.45, 7) is 0. The number of fused-ring (bicyclic) bond motifs is 4. The average Bonchev–Trinajstić information content (AvgIpc) is 3.83. The van der Waals surface area contributed by atoms with Crippen LogP contribution in [-0.4, -0.2) is 34.9 Å². The number of rotatable bonds is 4. The molecule has 0 saturated carbocycles. The first-order valence-corrected chi connectivity index (χ1v) is 13.0. The van der Waals surface area contributed by atoms with Crippen molar-refractivity contribution in [3.63, 3.8) is 0 Å². The minimum Gasteiger partial charge on any atom is -0.448 e. The fraction of sp³-hybridized carbons (Fsp3) is 0.0333. The van der Waals surface area contributed by atoms with Gasteiger partial charge < -0.3 is 23.3 Å². The SMILES string of the molecule is c1cnc2c(c1)NC(c1cc(-c3nc4cccnc4o3)c(-c3nc4cccnc4o3)cc1-c1nc3cccnc3o1)O2. The van der Waals surface area contributed by atoms with E-state index in [1.165, 1.54) is 0 Å². The van der Waals surface area contributed by atoms with Gasteiger partial charge in [0.15, 0.2) is 6.23 Å². The number of nitrogens with zero attached hydrogens (tertiary/aromatic N) is 7. The molecule has 0 bridgehead atoms. The summed E-state index contributed by atoms with van der Waals surface area (Å²) in [7, 11) is 0. The predicted molar refractivity (Wildman–Crippen MR) is 150 cm³/mol. The van der Waals surface area contributed by atoms with Gasteiger partial charge in [-0.15, -0.1) is 0 Å². The first kappa shape index (κ1) is 22.6. The highest BCUT2D eigenvalue weighted by Crippen LogP contribution is 2.44. The molecule has 200 valence electrons. The van der Waals surface area contributed by atoms with E-state index in [4.69, 9.17) is 32.9 Å². The molecular formula is C30H16N8O4. The van der Waals surface area contributed by atoms with Gasteiger partial charge in [0.25, 0.3) is 0 Å². The number of aromatic nitrogens is 7. The van der Waals surface area contributed by atoms with Crippen LogP contribution < -0.4 is 10.1 Å². The zero-order chi connectivity index (χ0) is 27.6. The van der Waals surface area contributed by atoms with E-state index in [1.54, 1.807) is 43.0 Å². The summed E-state index contributed by atoms with van der Waals surface area (Å²) in [5.74, 6) is 1.47. The van der Waals surface area contributed by atoms with Crippen molar-refractivity contribution >= 4 is 39.4 Å². The van der Waals surface area contributed by atoms with Crippen LogP contribution >= 0.6 is 0 Å². The molecule has 8 heterocycles. The maximum absolute atomic E-state index is 6.25. The van der Waals surface area contributed by atoms with Crippen LogP contribution in [0.3, 0.4) is 0 Å². The normalized spacial score (nSPS) is 14.3. The molecule has 1 unspecified atom stereocenters. The third-order valence-corrected chi connectivity index (χ3v) is 6.95. The molecule has 8 aromatic rings. The molecule has 12 nitrogen and oxygen atoms in total. The van der Waals surface area contributed by atoms with Crippen molar-refractivity contribution in [2.24, 2.45) is 0 Å². The summed E-state index contributed by atoms with van der Waals surface area (Å²) >= 11 is 0. The molecule has 1 N–H and O–H groups in total. The zero-order valence-corrected chi connectivity index (χ0v) is 21.4. The van der Waals surface area contributed by atoms with Gasteiger partial charge in [0, 0.05) is 35.9 Å². The van der Waals surface area contributed by atoms with Gasteiger partial charge in [0.05, 0.1) is 11.1 Å². The van der Waals surface area contributed by atoms with Gasteiger partial charge >= 0.3 is 0 Å². The monoisotopic (exact) mass is 552 g/mol. The van der Waals surface area contributed by atoms with Gasteiger partial charge in [-0.1, -0.05) is 0 Å². The van der Waals surface area contributed by atoms with Crippen molar-refractivity contribution in [2.45, 2.75) is 6.23 Å². The Balaban J connectivity index is 1.33. The minimum absolute atomic E-state index is 0.321. The molecule has 1 atom stereocenters. The van der Waals surface area contributed by atoms with E-state index in [0.29, 0.717) is 79.5 Å². The molecule has 0 saturated heterocycles. The maximum atomic E-state index is 6.25. The Hall–Kier alpha value is -6.17. The third kappa shape index (κ3) is 3.52. The van der Waals surface area contributed by atoms with Crippen molar-refractivity contribution < 1.29 is 18.0 Å². The number of pyridine rings is 4. The fourth-order valence-electron chi connectivity index (χ4n) is 5.05. The molecule has 0 amide bonds. The molecule has 0 fully saturated rings. The Morgan fingerprint density at radius 3 is 1.60 bits per heavy atom. The summed E-state index contributed by atoms with van der Waals surface area (Å²) < 4.78 is 24.7. The summed E-state index contributed by atoms with van der Waals surface area (Å²) in [4.78, 5) is 31.5. The van der Waals surface area contributed by atoms with E-state index in [2.05, 4.69) is 25.3 Å². The molecule has 0 radical (unpaired) electrons. The summed E-state index contributed by atoms with van der Waals surface area (Å²) in [6, 6.07) is 18.4. The number of hydrogen-bond acceptors (Lipinski definition) is 12. The van der Waals surface area contributed by atoms with Gasteiger partial charge in [-0.2, -0.15) is 0 Å². The van der Waals surface area contributed by atoms with Crippen LogP contribution in [0.4, 0.5) is 5.69 Å². The second-order valence-electron chi connectivity index (χ2n) is 9.52. The van der Waals surface area contributed by atoms with Crippen molar-refractivity contribution in [1.29, 1.82) is 0 Å². The van der Waals surface area contributed by atoms with E-state index >= 15 is 0 Å². The smallest absolute Gasteiger partial charge is 0.247 e. The molecule has 1 aromatic carbocycles. The van der Waals surface area contributed by atoms with E-state index in [0.717, 1.165) is 5.69 Å². The van der Waals surface area contributed by atoms with Crippen LogP contribution in [0.5, 0.6) is 5.88 Å². The van der Waals surface area contributed by atoms with E-state index in [1.807, 2.05) is 42.5 Å². The molecule has 0 aliphatic carbocycles. The molecule has 42 heavy (non-hydrogen) atoms. The standard InChI is InChI=1S/C30H16N8O4/c1-5-19-27(31-9-1)39-23(35-19)15-13-17(25-37-21-7-3-11-33-29(21)41-25)18(26-38-22-8-4-12-34-30(22)42-26)14-16(15)24-36-20-6-2-10-32-28(20)40-24/h1-14,23,35H. The minimum atomic E-state index is -0.631. The first-order chi connectivity index (χ1) is 20.8. The number of benzene rings is 1. The van der Waals surface area contributed by atoms with Gasteiger partial charge in [0.2, 0.25) is 40.7 Å². The first-order valence-electron chi connectivity index (χ1n) is 13.0. The van der Waals surface area contributed by atoms with Crippen LogP contribution in [-0.2, 0) is 0 Å². The summed E-state index contributed by atoms with van der Waals surface area (Å²) in [5.41, 5.74) is 6.31. The van der Waals surface area contributed by atoms with Crippen molar-refractivity contribution in [3.8, 4) is 40.2 Å². The number of hydrogen-bond donors (Lipinski definition) is 1. The van der Waals surface area contributed by atoms with E-state index in [-0.39, 0.29) is 0 Å². The second-order valence-corrected chi connectivity index (χ2v) is 9.52. The summed E-state index contributed by atoms with van der Waals surface area (Å²) in [6.07, 6.45) is 6.01. The Morgan fingerprint density at radius 2 is 1.05 bits per heavy atom. The highest BCUT2D eigenvalue weighted by Gasteiger charge is 2.31. The van der Waals surface area contributed by atoms with Crippen LogP contribution in [0.1, 0.15) is 11.8 Å². The topological polar surface area (TPSA) is 151 Å². The lowest BCUT2D eigenvalue weighted by Crippen LogP contribution is -2.12. The van der Waals surface area contributed by atoms with Crippen molar-refractivity contribution in [3.05, 3.63) is 91.0 Å². The van der Waals surface area contributed by atoms with Crippen molar-refractivity contribution in [2.75, 3.05) is 5.32 Å². The highest BCUT2D eigenvalue weighted by molar-refractivity contribution is 5.87. The maximum Gasteiger partial charge on any atom is 0.247 e. The van der Waals surface area contributed by atoms with Gasteiger partial charge in [-0.25, -0.2) is 34.9 Å². The van der Waals surface area contributed by atoms with E-state index < -0.39 is 6.23 Å². The number of oxazole rings is 3. The Kier molecular flexibility index (Phi) is 4.67. The molecule has 12 heteroatoms. The van der Waals surface area contributed by atoms with Gasteiger partial charge in [0.1, 0.15) is 22.2 Å². The molecule has 0 spiro atoms. The number of anilines is 1. The van der Waals surface area contributed by atoms with Crippen LogP contribution in [0.2, 0.25) is 0 Å². The van der Waals surface area contributed by atoms with Gasteiger partial charge in [-0.05, 0) is 60.7 Å². The largest absolute Gasteiger partial charge is 0.448 e. The predicted octanol–water partition coefficient (Wildman–Crippen LogP) is 6.19.